The van der Waals surface area contributed by atoms with Gasteiger partial charge in [-0.25, -0.2) is 21.1 Å². The summed E-state index contributed by atoms with van der Waals surface area (Å²) in [7, 11) is -4.53. The number of nitrogens with one attached hydrogen (secondary N) is 1. The van der Waals surface area contributed by atoms with Crippen molar-refractivity contribution < 1.29 is 36.2 Å². The molecular formula is C24H33N3O8S2. The fraction of sp³-hybridized carbons (Fsp3) is 0.458. The largest absolute Gasteiger partial charge is 0.497 e. The standard InChI is InChI=1S/C24H33N3O8S2/c1-16-13-27(17(2)15-28)24(29)21-12-18(25-37(32,33)20-9-7-19(34-4)8-10-20)6-11-22(21)35-23(16)14-26(3)36(5,30)31/h6-12,16-17,23,25,28H,13-15H2,1-5H3/t16-,17+,23+/m0/s1. The van der Waals surface area contributed by atoms with Gasteiger partial charge in [-0.2, -0.15) is 0 Å². The number of nitrogens with zero attached hydrogens (tertiary/aromatic N) is 2. The highest BCUT2D eigenvalue weighted by Gasteiger charge is 2.34. The Balaban J connectivity index is 2.00. The molecule has 1 aliphatic heterocycles. The number of amides is 1. The zero-order valence-electron chi connectivity index (χ0n) is 21.4. The van der Waals surface area contributed by atoms with Crippen LogP contribution in [0.5, 0.6) is 11.5 Å². The topological polar surface area (TPSA) is 143 Å². The van der Waals surface area contributed by atoms with E-state index < -0.39 is 38.1 Å². The van der Waals surface area contributed by atoms with Gasteiger partial charge in [-0.05, 0) is 49.4 Å². The molecule has 0 radical (unpaired) electrons. The first kappa shape index (κ1) is 28.7. The molecule has 0 fully saturated rings. The molecule has 0 saturated carbocycles. The van der Waals surface area contributed by atoms with Gasteiger partial charge in [-0.1, -0.05) is 6.92 Å². The molecule has 0 bridgehead atoms. The molecule has 11 nitrogen and oxygen atoms in total. The number of aliphatic hydroxyl groups is 1. The van der Waals surface area contributed by atoms with E-state index in [2.05, 4.69) is 4.72 Å². The van der Waals surface area contributed by atoms with E-state index in [1.807, 2.05) is 6.92 Å². The zero-order valence-corrected chi connectivity index (χ0v) is 23.0. The Hall–Kier alpha value is -2.87. The molecule has 3 rings (SSSR count). The normalized spacial score (nSPS) is 19.4. The Morgan fingerprint density at radius 3 is 2.41 bits per heavy atom. The second kappa shape index (κ2) is 11.3. The maximum atomic E-state index is 13.5. The number of likely N-dealkylation sites (N-methyl/N-ethyl adjacent to an activating group) is 1. The average Bonchev–Trinajstić information content (AvgIpc) is 2.85. The smallest absolute Gasteiger partial charge is 0.261 e. The van der Waals surface area contributed by atoms with Crippen LogP contribution in [-0.4, -0.2) is 89.3 Å². The van der Waals surface area contributed by atoms with Gasteiger partial charge in [0, 0.05) is 25.2 Å². The van der Waals surface area contributed by atoms with E-state index in [1.54, 1.807) is 6.92 Å². The summed E-state index contributed by atoms with van der Waals surface area (Å²) >= 11 is 0. The molecule has 0 aliphatic carbocycles. The van der Waals surface area contributed by atoms with Gasteiger partial charge in [-0.15, -0.1) is 0 Å². The number of carbonyl (C=O) groups is 1. The summed E-state index contributed by atoms with van der Waals surface area (Å²) in [5, 5.41) is 9.78. The van der Waals surface area contributed by atoms with Crippen molar-refractivity contribution in [2.24, 2.45) is 5.92 Å². The second-order valence-electron chi connectivity index (χ2n) is 9.16. The van der Waals surface area contributed by atoms with E-state index in [4.69, 9.17) is 9.47 Å². The number of carbonyl (C=O) groups excluding carboxylic acids is 1. The quantitative estimate of drug-likeness (QED) is 0.475. The van der Waals surface area contributed by atoms with Crippen LogP contribution >= 0.6 is 0 Å². The number of sulfonamides is 2. The zero-order chi connectivity index (χ0) is 27.5. The summed E-state index contributed by atoms with van der Waals surface area (Å²) in [6, 6.07) is 9.64. The number of hydrogen-bond acceptors (Lipinski definition) is 8. The lowest BCUT2D eigenvalue weighted by Gasteiger charge is -2.38. The lowest BCUT2D eigenvalue weighted by atomic mass is 9.99. The second-order valence-corrected chi connectivity index (χ2v) is 12.9. The van der Waals surface area contributed by atoms with Gasteiger partial charge in [0.25, 0.3) is 15.9 Å². The summed E-state index contributed by atoms with van der Waals surface area (Å²) in [4.78, 5) is 15.0. The SMILES string of the molecule is COc1ccc(S(=O)(=O)Nc2ccc3c(c2)C(=O)N([C@H](C)CO)C[C@H](C)[C@@H](CN(C)S(C)(=O)=O)O3)cc1. The lowest BCUT2D eigenvalue weighted by molar-refractivity contribution is 0.0387. The van der Waals surface area contributed by atoms with Crippen molar-refractivity contribution in [3.05, 3.63) is 48.0 Å². The van der Waals surface area contributed by atoms with Crippen LogP contribution < -0.4 is 14.2 Å². The van der Waals surface area contributed by atoms with E-state index in [-0.39, 0.29) is 47.5 Å². The highest BCUT2D eigenvalue weighted by atomic mass is 32.2. The Morgan fingerprint density at radius 2 is 1.84 bits per heavy atom. The van der Waals surface area contributed by atoms with Crippen molar-refractivity contribution in [1.29, 1.82) is 0 Å². The molecule has 204 valence electrons. The Bertz CT molecular complexity index is 1330. The number of ether oxygens (including phenoxy) is 2. The van der Waals surface area contributed by atoms with Gasteiger partial charge in [-0.3, -0.25) is 9.52 Å². The minimum Gasteiger partial charge on any atom is -0.497 e. The number of benzene rings is 2. The van der Waals surface area contributed by atoms with Crippen LogP contribution in [0.1, 0.15) is 24.2 Å². The number of aliphatic hydroxyl groups excluding tert-OH is 1. The first-order valence-electron chi connectivity index (χ1n) is 11.6. The van der Waals surface area contributed by atoms with E-state index in [0.717, 1.165) is 6.26 Å². The molecule has 0 spiro atoms. The fourth-order valence-corrected chi connectivity index (χ4v) is 5.33. The molecule has 2 aromatic rings. The number of anilines is 1. The highest BCUT2D eigenvalue weighted by molar-refractivity contribution is 7.92. The molecule has 37 heavy (non-hydrogen) atoms. The molecule has 0 unspecified atom stereocenters. The molecular weight excluding hydrogens is 522 g/mol. The van der Waals surface area contributed by atoms with Crippen molar-refractivity contribution in [2.45, 2.75) is 30.9 Å². The number of rotatable bonds is 9. The number of fused-ring (bicyclic) bond motifs is 1. The average molecular weight is 556 g/mol. The molecule has 0 saturated heterocycles. The third-order valence-electron chi connectivity index (χ3n) is 6.29. The third-order valence-corrected chi connectivity index (χ3v) is 8.97. The van der Waals surface area contributed by atoms with Crippen LogP contribution in [0.25, 0.3) is 0 Å². The van der Waals surface area contributed by atoms with Crippen LogP contribution in [0.3, 0.4) is 0 Å². The van der Waals surface area contributed by atoms with Crippen LogP contribution in [0, 0.1) is 5.92 Å². The summed E-state index contributed by atoms with van der Waals surface area (Å²) in [6.45, 7) is 3.49. The van der Waals surface area contributed by atoms with Crippen LogP contribution in [-0.2, 0) is 20.0 Å². The van der Waals surface area contributed by atoms with E-state index in [1.165, 1.54) is 65.8 Å². The maximum absolute atomic E-state index is 13.5. The van der Waals surface area contributed by atoms with Crippen molar-refractivity contribution in [2.75, 3.05) is 44.8 Å². The Labute approximate surface area is 218 Å². The van der Waals surface area contributed by atoms with Gasteiger partial charge in [0.05, 0.1) is 43.0 Å². The highest BCUT2D eigenvalue weighted by Crippen LogP contribution is 2.31. The number of methoxy groups -OCH3 is 1. The monoisotopic (exact) mass is 555 g/mol. The van der Waals surface area contributed by atoms with Crippen molar-refractivity contribution >= 4 is 31.6 Å². The van der Waals surface area contributed by atoms with Crippen molar-refractivity contribution in [1.82, 2.24) is 9.21 Å². The maximum Gasteiger partial charge on any atom is 0.261 e. The van der Waals surface area contributed by atoms with Crippen LogP contribution in [0.4, 0.5) is 5.69 Å². The summed E-state index contributed by atoms with van der Waals surface area (Å²) < 4.78 is 64.7. The molecule has 0 aromatic heterocycles. The Morgan fingerprint density at radius 1 is 1.19 bits per heavy atom. The Kier molecular flexibility index (Phi) is 8.73. The van der Waals surface area contributed by atoms with Gasteiger partial charge in [0.2, 0.25) is 10.0 Å². The third kappa shape index (κ3) is 6.72. The molecule has 13 heteroatoms. The van der Waals surface area contributed by atoms with Crippen molar-refractivity contribution in [3.63, 3.8) is 0 Å². The molecule has 3 atom stereocenters. The van der Waals surface area contributed by atoms with Gasteiger partial charge in [0.15, 0.2) is 0 Å². The first-order chi connectivity index (χ1) is 17.3. The van der Waals surface area contributed by atoms with E-state index in [0.29, 0.717) is 5.75 Å². The predicted octanol–water partition coefficient (Wildman–Crippen LogP) is 1.61. The van der Waals surface area contributed by atoms with Crippen LogP contribution in [0.15, 0.2) is 47.4 Å². The minimum atomic E-state index is -3.97. The first-order valence-corrected chi connectivity index (χ1v) is 14.9. The summed E-state index contributed by atoms with van der Waals surface area (Å²) in [5.74, 6) is -0.0236. The number of hydrogen-bond donors (Lipinski definition) is 2. The fourth-order valence-electron chi connectivity index (χ4n) is 3.86. The molecule has 2 aromatic carbocycles. The van der Waals surface area contributed by atoms with E-state index >= 15 is 0 Å². The molecule has 2 N–H and O–H groups in total. The molecule has 1 aliphatic rings. The van der Waals surface area contributed by atoms with Gasteiger partial charge < -0.3 is 19.5 Å². The minimum absolute atomic E-state index is 0.0100. The lowest BCUT2D eigenvalue weighted by Crippen LogP contribution is -2.50. The van der Waals surface area contributed by atoms with Gasteiger partial charge in [0.1, 0.15) is 17.6 Å². The van der Waals surface area contributed by atoms with Crippen molar-refractivity contribution in [3.8, 4) is 11.5 Å². The van der Waals surface area contributed by atoms with Crippen LogP contribution in [0.2, 0.25) is 0 Å². The predicted molar refractivity (Wildman–Crippen MR) is 139 cm³/mol. The molecule has 1 heterocycles. The molecule has 1 amide bonds. The summed E-state index contributed by atoms with van der Waals surface area (Å²) in [6.07, 6.45) is 0.487. The van der Waals surface area contributed by atoms with E-state index in [9.17, 15) is 26.7 Å². The van der Waals surface area contributed by atoms with Gasteiger partial charge >= 0.3 is 0 Å². The summed E-state index contributed by atoms with van der Waals surface area (Å²) in [5.41, 5.74) is 0.232.